The topological polar surface area (TPSA) is 84.9 Å². The van der Waals surface area contributed by atoms with Crippen LogP contribution in [-0.2, 0) is 19.2 Å². The van der Waals surface area contributed by atoms with Gasteiger partial charge in [-0.1, -0.05) is 18.2 Å². The molecule has 0 bridgehead atoms. The smallest absolute Gasteiger partial charge is 0.331 e. The predicted molar refractivity (Wildman–Crippen MR) is 70.4 cm³/mol. The highest BCUT2D eigenvalue weighted by molar-refractivity contribution is 5.90. The summed E-state index contributed by atoms with van der Waals surface area (Å²) in [7, 11) is 0. The maximum atomic E-state index is 11.5. The number of rotatable bonds is 5. The number of carboxylic acids is 1. The van der Waals surface area contributed by atoms with Crippen molar-refractivity contribution in [3.63, 3.8) is 0 Å². The summed E-state index contributed by atoms with van der Waals surface area (Å²) in [5.41, 5.74) is 3.39. The summed E-state index contributed by atoms with van der Waals surface area (Å²) in [6, 6.07) is 0. The first kappa shape index (κ1) is 14.5. The molecule has 2 N–H and O–H groups in total. The van der Waals surface area contributed by atoms with Crippen LogP contribution < -0.4 is 5.48 Å². The number of carbonyl (C=O) groups is 2. The lowest BCUT2D eigenvalue weighted by Crippen LogP contribution is -2.32. The number of amides is 1. The fraction of sp³-hybridized carbons (Fsp3) is 0.429. The Morgan fingerprint density at radius 3 is 2.90 bits per heavy atom. The number of nitrogens with one attached hydrogen (secondary N) is 1. The molecule has 1 aliphatic heterocycles. The van der Waals surface area contributed by atoms with Gasteiger partial charge in [0, 0.05) is 31.1 Å². The van der Waals surface area contributed by atoms with Gasteiger partial charge in [0.15, 0.2) is 6.29 Å². The molecule has 0 spiro atoms. The molecule has 1 heterocycles. The van der Waals surface area contributed by atoms with Crippen LogP contribution in [0.1, 0.15) is 25.7 Å². The SMILES string of the molecule is O=C(/C=C/C1=CC=C(C(=O)O)C1)NOC1CCCCO1. The first-order valence-corrected chi connectivity index (χ1v) is 6.53. The van der Waals surface area contributed by atoms with Gasteiger partial charge in [0.05, 0.1) is 0 Å². The molecule has 2 aliphatic rings. The summed E-state index contributed by atoms with van der Waals surface area (Å²) in [5, 5.41) is 8.80. The third kappa shape index (κ3) is 4.32. The standard InChI is InChI=1S/C14H17NO5/c16-12(15-20-13-3-1-2-8-19-13)7-5-10-4-6-11(9-10)14(17)18/h4-7,13H,1-3,8-9H2,(H,15,16)(H,17,18)/b7-5+. The maximum absolute atomic E-state index is 11.5. The summed E-state index contributed by atoms with van der Waals surface area (Å²) < 4.78 is 5.30. The normalized spacial score (nSPS) is 22.5. The first-order valence-electron chi connectivity index (χ1n) is 6.53. The summed E-state index contributed by atoms with van der Waals surface area (Å²) >= 11 is 0. The number of hydroxylamine groups is 1. The molecule has 1 aliphatic carbocycles. The molecule has 2 rings (SSSR count). The molecule has 108 valence electrons. The lowest BCUT2D eigenvalue weighted by Gasteiger charge is -2.21. The van der Waals surface area contributed by atoms with Gasteiger partial charge < -0.3 is 9.84 Å². The Balaban J connectivity index is 1.69. The molecular weight excluding hydrogens is 262 g/mol. The Morgan fingerprint density at radius 1 is 1.40 bits per heavy atom. The second kappa shape index (κ2) is 7.02. The molecule has 1 saturated heterocycles. The highest BCUT2D eigenvalue weighted by Gasteiger charge is 2.15. The van der Waals surface area contributed by atoms with Gasteiger partial charge in [-0.2, -0.15) is 0 Å². The lowest BCUT2D eigenvalue weighted by molar-refractivity contribution is -0.198. The number of ether oxygens (including phenoxy) is 1. The summed E-state index contributed by atoms with van der Waals surface area (Å²) in [4.78, 5) is 27.4. The third-order valence-electron chi connectivity index (χ3n) is 3.05. The van der Waals surface area contributed by atoms with Gasteiger partial charge in [-0.05, 0) is 18.4 Å². The van der Waals surface area contributed by atoms with Crippen molar-refractivity contribution < 1.29 is 24.3 Å². The van der Waals surface area contributed by atoms with Crippen LogP contribution in [0.2, 0.25) is 0 Å². The van der Waals surface area contributed by atoms with E-state index in [-0.39, 0.29) is 6.29 Å². The molecule has 6 nitrogen and oxygen atoms in total. The van der Waals surface area contributed by atoms with E-state index in [1.54, 1.807) is 12.2 Å². The van der Waals surface area contributed by atoms with Crippen molar-refractivity contribution in [3.05, 3.63) is 35.5 Å². The Bertz CT molecular complexity index is 472. The Labute approximate surface area is 116 Å². The largest absolute Gasteiger partial charge is 0.478 e. The summed E-state index contributed by atoms with van der Waals surface area (Å²) in [6.45, 7) is 0.646. The first-order chi connectivity index (χ1) is 9.65. The molecule has 1 atom stereocenters. The monoisotopic (exact) mass is 279 g/mol. The number of allylic oxidation sites excluding steroid dienone is 4. The molecule has 0 aromatic rings. The van der Waals surface area contributed by atoms with Crippen LogP contribution in [0.3, 0.4) is 0 Å². The minimum Gasteiger partial charge on any atom is -0.478 e. The Kier molecular flexibility index (Phi) is 5.09. The number of hydrogen-bond donors (Lipinski definition) is 2. The van der Waals surface area contributed by atoms with E-state index in [9.17, 15) is 9.59 Å². The van der Waals surface area contributed by atoms with E-state index >= 15 is 0 Å². The lowest BCUT2D eigenvalue weighted by atomic mass is 10.1. The van der Waals surface area contributed by atoms with Crippen LogP contribution in [0.15, 0.2) is 35.5 Å². The van der Waals surface area contributed by atoms with Crippen LogP contribution >= 0.6 is 0 Å². The van der Waals surface area contributed by atoms with Gasteiger partial charge in [0.25, 0.3) is 5.91 Å². The highest BCUT2D eigenvalue weighted by atomic mass is 16.8. The average Bonchev–Trinajstić information content (AvgIpc) is 2.93. The van der Waals surface area contributed by atoms with E-state index in [2.05, 4.69) is 5.48 Å². The zero-order chi connectivity index (χ0) is 14.4. The molecule has 1 amide bonds. The number of hydrogen-bond acceptors (Lipinski definition) is 4. The number of carbonyl (C=O) groups excluding carboxylic acids is 1. The number of aliphatic carboxylic acids is 1. The van der Waals surface area contributed by atoms with Crippen LogP contribution in [0.4, 0.5) is 0 Å². The molecule has 0 radical (unpaired) electrons. The fourth-order valence-electron chi connectivity index (χ4n) is 1.95. The van der Waals surface area contributed by atoms with Crippen LogP contribution in [0, 0.1) is 0 Å². The molecule has 0 aromatic carbocycles. The van der Waals surface area contributed by atoms with Crippen molar-refractivity contribution in [2.75, 3.05) is 6.61 Å². The molecular formula is C14H17NO5. The summed E-state index contributed by atoms with van der Waals surface area (Å²) in [6.07, 6.45) is 8.85. The van der Waals surface area contributed by atoms with Gasteiger partial charge >= 0.3 is 5.97 Å². The molecule has 20 heavy (non-hydrogen) atoms. The van der Waals surface area contributed by atoms with Gasteiger partial charge in [0.1, 0.15) is 0 Å². The molecule has 0 saturated carbocycles. The minimum atomic E-state index is -0.938. The van der Waals surface area contributed by atoms with Crippen LogP contribution in [0.25, 0.3) is 0 Å². The quantitative estimate of drug-likeness (QED) is 0.588. The van der Waals surface area contributed by atoms with E-state index in [1.165, 1.54) is 12.2 Å². The van der Waals surface area contributed by atoms with Crippen LogP contribution in [-0.4, -0.2) is 29.9 Å². The average molecular weight is 279 g/mol. The van der Waals surface area contributed by atoms with Gasteiger partial charge in [-0.15, -0.1) is 0 Å². The van der Waals surface area contributed by atoms with Crippen molar-refractivity contribution in [2.24, 2.45) is 0 Å². The van der Waals surface area contributed by atoms with Crippen LogP contribution in [0.5, 0.6) is 0 Å². The van der Waals surface area contributed by atoms with Crippen molar-refractivity contribution in [2.45, 2.75) is 32.0 Å². The highest BCUT2D eigenvalue weighted by Crippen LogP contribution is 2.19. The molecule has 1 unspecified atom stereocenters. The third-order valence-corrected chi connectivity index (χ3v) is 3.05. The van der Waals surface area contributed by atoms with Gasteiger partial charge in [-0.3, -0.25) is 4.79 Å². The maximum Gasteiger partial charge on any atom is 0.331 e. The molecule has 0 aromatic heterocycles. The van der Waals surface area contributed by atoms with Gasteiger partial charge in [-0.25, -0.2) is 15.1 Å². The van der Waals surface area contributed by atoms with E-state index < -0.39 is 11.9 Å². The zero-order valence-electron chi connectivity index (χ0n) is 11.0. The van der Waals surface area contributed by atoms with Crippen molar-refractivity contribution in [1.82, 2.24) is 5.48 Å². The Morgan fingerprint density at radius 2 is 2.25 bits per heavy atom. The van der Waals surface area contributed by atoms with E-state index in [4.69, 9.17) is 14.7 Å². The molecule has 6 heteroatoms. The second-order valence-electron chi connectivity index (χ2n) is 4.63. The fourth-order valence-corrected chi connectivity index (χ4v) is 1.95. The molecule has 1 fully saturated rings. The van der Waals surface area contributed by atoms with Crippen molar-refractivity contribution >= 4 is 11.9 Å². The second-order valence-corrected chi connectivity index (χ2v) is 4.63. The number of carboxylic acid groups (broad SMARTS) is 1. The van der Waals surface area contributed by atoms with Crippen molar-refractivity contribution in [3.8, 4) is 0 Å². The minimum absolute atomic E-state index is 0.317. The van der Waals surface area contributed by atoms with E-state index in [0.29, 0.717) is 18.6 Å². The van der Waals surface area contributed by atoms with Crippen molar-refractivity contribution in [1.29, 1.82) is 0 Å². The van der Waals surface area contributed by atoms with E-state index in [0.717, 1.165) is 24.8 Å². The zero-order valence-corrected chi connectivity index (χ0v) is 11.0. The van der Waals surface area contributed by atoms with Gasteiger partial charge in [0.2, 0.25) is 0 Å². The summed E-state index contributed by atoms with van der Waals surface area (Å²) in [5.74, 6) is -1.34. The predicted octanol–water partition coefficient (Wildman–Crippen LogP) is 1.46. The Hall–Kier alpha value is -1.92. The van der Waals surface area contributed by atoms with E-state index in [1.807, 2.05) is 0 Å².